The van der Waals surface area contributed by atoms with Crippen molar-refractivity contribution in [3.8, 4) is 0 Å². The van der Waals surface area contributed by atoms with Crippen molar-refractivity contribution in [3.63, 3.8) is 0 Å². The topological polar surface area (TPSA) is 38.3 Å². The van der Waals surface area contributed by atoms with Gasteiger partial charge in [0.1, 0.15) is 0 Å². The first-order chi connectivity index (χ1) is 12.3. The van der Waals surface area contributed by atoms with E-state index in [1.807, 2.05) is 67.6 Å². The fourth-order valence-corrected chi connectivity index (χ4v) is 2.87. The summed E-state index contributed by atoms with van der Waals surface area (Å²) in [5.74, 6) is -0.0343. The minimum Gasteiger partial charge on any atom is -0.374 e. The van der Waals surface area contributed by atoms with Crippen LogP contribution < -0.4 is 5.32 Å². The predicted octanol–water partition coefficient (Wildman–Crippen LogP) is 4.74. The molecule has 1 unspecified atom stereocenters. The highest BCUT2D eigenvalue weighted by molar-refractivity contribution is 6.06. The van der Waals surface area contributed by atoms with Gasteiger partial charge in [0.2, 0.25) is 0 Å². The zero-order valence-corrected chi connectivity index (χ0v) is 14.4. The second-order valence-electron chi connectivity index (χ2n) is 6.06. The van der Waals surface area contributed by atoms with Gasteiger partial charge in [-0.1, -0.05) is 66.7 Å². The van der Waals surface area contributed by atoms with Crippen LogP contribution >= 0.6 is 0 Å². The number of ether oxygens (including phenoxy) is 1. The molecule has 0 radical (unpaired) electrons. The molecule has 0 aliphatic heterocycles. The summed E-state index contributed by atoms with van der Waals surface area (Å²) in [6, 6.07) is 23.9. The molecule has 0 aliphatic carbocycles. The van der Waals surface area contributed by atoms with E-state index in [1.54, 1.807) is 0 Å². The van der Waals surface area contributed by atoms with Gasteiger partial charge in [-0.25, -0.2) is 0 Å². The van der Waals surface area contributed by atoms with Crippen LogP contribution in [0.4, 0.5) is 0 Å². The molecule has 3 aromatic rings. The maximum atomic E-state index is 12.4. The molecule has 3 nitrogen and oxygen atoms in total. The van der Waals surface area contributed by atoms with Crippen LogP contribution in [0.25, 0.3) is 10.8 Å². The van der Waals surface area contributed by atoms with Crippen LogP contribution in [0.1, 0.15) is 35.4 Å². The molecule has 0 bridgehead atoms. The van der Waals surface area contributed by atoms with E-state index < -0.39 is 0 Å². The molecule has 3 heteroatoms. The van der Waals surface area contributed by atoms with Gasteiger partial charge in [-0.2, -0.15) is 0 Å². The first kappa shape index (κ1) is 17.2. The van der Waals surface area contributed by atoms with Gasteiger partial charge in [-0.15, -0.1) is 0 Å². The van der Waals surface area contributed by atoms with Crippen molar-refractivity contribution in [2.45, 2.75) is 19.4 Å². The lowest BCUT2D eigenvalue weighted by molar-refractivity contribution is 0.0635. The van der Waals surface area contributed by atoms with Crippen molar-refractivity contribution >= 4 is 16.7 Å². The van der Waals surface area contributed by atoms with Gasteiger partial charge in [0.05, 0.1) is 6.10 Å². The second kappa shape index (κ2) is 8.45. The van der Waals surface area contributed by atoms with Crippen molar-refractivity contribution < 1.29 is 9.53 Å². The summed E-state index contributed by atoms with van der Waals surface area (Å²) >= 11 is 0. The third kappa shape index (κ3) is 4.46. The van der Waals surface area contributed by atoms with E-state index in [2.05, 4.69) is 17.4 Å². The molecule has 1 N–H and O–H groups in total. The van der Waals surface area contributed by atoms with E-state index in [9.17, 15) is 4.79 Å². The van der Waals surface area contributed by atoms with Gasteiger partial charge in [0, 0.05) is 18.7 Å². The third-order valence-corrected chi connectivity index (χ3v) is 4.28. The Hall–Kier alpha value is -2.65. The monoisotopic (exact) mass is 333 g/mol. The van der Waals surface area contributed by atoms with Crippen molar-refractivity contribution in [2.24, 2.45) is 0 Å². The van der Waals surface area contributed by atoms with Crippen molar-refractivity contribution in [1.29, 1.82) is 0 Å². The van der Waals surface area contributed by atoms with Gasteiger partial charge in [0.15, 0.2) is 0 Å². The molecule has 1 amide bonds. The Morgan fingerprint density at radius 3 is 2.52 bits per heavy atom. The fourth-order valence-electron chi connectivity index (χ4n) is 2.87. The van der Waals surface area contributed by atoms with Gasteiger partial charge in [-0.05, 0) is 35.7 Å². The largest absolute Gasteiger partial charge is 0.374 e. The van der Waals surface area contributed by atoms with Gasteiger partial charge in [-0.3, -0.25) is 4.79 Å². The molecule has 0 saturated heterocycles. The quantitative estimate of drug-likeness (QED) is 0.634. The van der Waals surface area contributed by atoms with E-state index in [4.69, 9.17) is 4.74 Å². The normalized spacial score (nSPS) is 12.0. The summed E-state index contributed by atoms with van der Waals surface area (Å²) in [6.45, 7) is 3.26. The van der Waals surface area contributed by atoms with Crippen LogP contribution in [0.3, 0.4) is 0 Å². The first-order valence-electron chi connectivity index (χ1n) is 8.68. The Balaban J connectivity index is 1.47. The Labute approximate surface area is 148 Å². The smallest absolute Gasteiger partial charge is 0.251 e. The Bertz CT molecular complexity index is 824. The standard InChI is InChI=1S/C22H23NO2/c1-17(18-9-3-2-4-10-18)25-16-8-15-23-22(24)21-14-7-12-19-11-5-6-13-20(19)21/h2-7,9-14,17H,8,15-16H2,1H3,(H,23,24). The summed E-state index contributed by atoms with van der Waals surface area (Å²) in [7, 11) is 0. The summed E-state index contributed by atoms with van der Waals surface area (Å²) < 4.78 is 5.83. The van der Waals surface area contributed by atoms with Crippen LogP contribution in [-0.2, 0) is 4.74 Å². The summed E-state index contributed by atoms with van der Waals surface area (Å²) in [5, 5.41) is 5.05. The molecule has 0 fully saturated rings. The van der Waals surface area contributed by atoms with Crippen molar-refractivity contribution in [2.75, 3.05) is 13.2 Å². The Morgan fingerprint density at radius 2 is 1.68 bits per heavy atom. The van der Waals surface area contributed by atoms with E-state index >= 15 is 0 Å². The molecule has 128 valence electrons. The van der Waals surface area contributed by atoms with E-state index in [0.717, 1.165) is 22.8 Å². The molecule has 0 heterocycles. The zero-order chi connectivity index (χ0) is 17.5. The number of benzene rings is 3. The van der Waals surface area contributed by atoms with E-state index in [-0.39, 0.29) is 12.0 Å². The number of carbonyl (C=O) groups is 1. The van der Waals surface area contributed by atoms with Crippen LogP contribution in [-0.4, -0.2) is 19.1 Å². The SMILES string of the molecule is CC(OCCCNC(=O)c1cccc2ccccc12)c1ccccc1. The second-order valence-corrected chi connectivity index (χ2v) is 6.06. The van der Waals surface area contributed by atoms with Gasteiger partial charge in [0.25, 0.3) is 5.91 Å². The Morgan fingerprint density at radius 1 is 0.960 bits per heavy atom. The lowest BCUT2D eigenvalue weighted by atomic mass is 10.0. The minimum absolute atomic E-state index is 0.0343. The average molecular weight is 333 g/mol. The molecule has 1 atom stereocenters. The maximum absolute atomic E-state index is 12.4. The van der Waals surface area contributed by atoms with Crippen LogP contribution in [0.15, 0.2) is 72.8 Å². The highest BCUT2D eigenvalue weighted by Gasteiger charge is 2.09. The molecule has 3 aromatic carbocycles. The molecule has 0 spiro atoms. The lowest BCUT2D eigenvalue weighted by Gasteiger charge is -2.13. The summed E-state index contributed by atoms with van der Waals surface area (Å²) in [4.78, 5) is 12.4. The van der Waals surface area contributed by atoms with Crippen molar-refractivity contribution in [1.82, 2.24) is 5.32 Å². The molecule has 0 saturated carbocycles. The predicted molar refractivity (Wildman–Crippen MR) is 102 cm³/mol. The third-order valence-electron chi connectivity index (χ3n) is 4.28. The van der Waals surface area contributed by atoms with E-state index in [0.29, 0.717) is 13.2 Å². The lowest BCUT2D eigenvalue weighted by Crippen LogP contribution is -2.25. The van der Waals surface area contributed by atoms with Gasteiger partial charge < -0.3 is 10.1 Å². The first-order valence-corrected chi connectivity index (χ1v) is 8.68. The summed E-state index contributed by atoms with van der Waals surface area (Å²) in [5.41, 5.74) is 1.89. The number of fused-ring (bicyclic) bond motifs is 1. The van der Waals surface area contributed by atoms with Crippen LogP contribution in [0.2, 0.25) is 0 Å². The number of rotatable bonds is 7. The van der Waals surface area contributed by atoms with Crippen LogP contribution in [0, 0.1) is 0 Å². The molecular weight excluding hydrogens is 310 g/mol. The average Bonchev–Trinajstić information content (AvgIpc) is 2.67. The highest BCUT2D eigenvalue weighted by atomic mass is 16.5. The number of amides is 1. The highest BCUT2D eigenvalue weighted by Crippen LogP contribution is 2.18. The molecule has 0 aromatic heterocycles. The van der Waals surface area contributed by atoms with Gasteiger partial charge >= 0.3 is 0 Å². The number of hydrogen-bond donors (Lipinski definition) is 1. The molecule has 0 aliphatic rings. The summed E-state index contributed by atoms with van der Waals surface area (Å²) in [6.07, 6.45) is 0.850. The van der Waals surface area contributed by atoms with E-state index in [1.165, 1.54) is 5.56 Å². The number of hydrogen-bond acceptors (Lipinski definition) is 2. The fraction of sp³-hybridized carbons (Fsp3) is 0.227. The molecular formula is C22H23NO2. The van der Waals surface area contributed by atoms with Crippen molar-refractivity contribution in [3.05, 3.63) is 83.9 Å². The molecule has 3 rings (SSSR count). The maximum Gasteiger partial charge on any atom is 0.251 e. The molecule has 25 heavy (non-hydrogen) atoms. The number of carbonyl (C=O) groups excluding carboxylic acids is 1. The van der Waals surface area contributed by atoms with Crippen LogP contribution in [0.5, 0.6) is 0 Å². The minimum atomic E-state index is -0.0343. The Kier molecular flexibility index (Phi) is 5.81. The zero-order valence-electron chi connectivity index (χ0n) is 14.4. The number of nitrogens with one attached hydrogen (secondary N) is 1.